The van der Waals surface area contributed by atoms with Gasteiger partial charge in [0.1, 0.15) is 5.56 Å². The summed E-state index contributed by atoms with van der Waals surface area (Å²) in [6.07, 6.45) is 1.66. The van der Waals surface area contributed by atoms with Gasteiger partial charge in [0.25, 0.3) is 5.56 Å². The number of rotatable bonds is 1. The first-order chi connectivity index (χ1) is 9.63. The topological polar surface area (TPSA) is 47.8 Å². The van der Waals surface area contributed by atoms with E-state index in [1.54, 1.807) is 12.3 Å². The van der Waals surface area contributed by atoms with E-state index in [0.29, 0.717) is 5.39 Å². The summed E-state index contributed by atoms with van der Waals surface area (Å²) >= 11 is 0. The van der Waals surface area contributed by atoms with Gasteiger partial charge in [-0.15, -0.1) is 0 Å². The molecule has 0 amide bonds. The number of methoxy groups -OCH3 is 1. The highest BCUT2D eigenvalue weighted by Gasteiger charge is 2.18. The Bertz CT molecular complexity index is 893. The van der Waals surface area contributed by atoms with Crippen LogP contribution in [0.3, 0.4) is 0 Å². The van der Waals surface area contributed by atoms with Gasteiger partial charge in [0.2, 0.25) is 0 Å². The van der Waals surface area contributed by atoms with Gasteiger partial charge in [0, 0.05) is 17.0 Å². The van der Waals surface area contributed by atoms with Crippen molar-refractivity contribution >= 4 is 22.3 Å². The van der Waals surface area contributed by atoms with Crippen LogP contribution in [0.5, 0.6) is 0 Å². The molecule has 0 fully saturated rings. The van der Waals surface area contributed by atoms with Crippen LogP contribution in [-0.4, -0.2) is 17.5 Å². The third-order valence-electron chi connectivity index (χ3n) is 3.40. The molecule has 0 bridgehead atoms. The Morgan fingerprint density at radius 1 is 1.15 bits per heavy atom. The van der Waals surface area contributed by atoms with Crippen molar-refractivity contribution in [2.75, 3.05) is 7.11 Å². The normalized spacial score (nSPS) is 10.9. The molecule has 0 saturated heterocycles. The van der Waals surface area contributed by atoms with Gasteiger partial charge in [-0.1, -0.05) is 29.8 Å². The van der Waals surface area contributed by atoms with Crippen molar-refractivity contribution in [3.05, 3.63) is 64.1 Å². The zero-order valence-electron chi connectivity index (χ0n) is 11.2. The third kappa shape index (κ3) is 1.69. The summed E-state index contributed by atoms with van der Waals surface area (Å²) in [5.74, 6) is -0.608. The average Bonchev–Trinajstić information content (AvgIpc) is 2.47. The molecule has 0 aliphatic rings. The van der Waals surface area contributed by atoms with E-state index in [-0.39, 0.29) is 11.1 Å². The molecule has 0 unspecified atom stereocenters. The highest BCUT2D eigenvalue weighted by molar-refractivity contribution is 6.08. The summed E-state index contributed by atoms with van der Waals surface area (Å²) in [6.45, 7) is 1.92. The fraction of sp³-hybridized carbons (Fsp3) is 0.125. The number of benzene rings is 1. The molecule has 0 aliphatic carbocycles. The lowest BCUT2D eigenvalue weighted by Crippen LogP contribution is -2.23. The minimum absolute atomic E-state index is 0.0786. The predicted octanol–water partition coefficient (Wildman–Crippen LogP) is 2.55. The van der Waals surface area contributed by atoms with Gasteiger partial charge in [-0.3, -0.25) is 9.20 Å². The Labute approximate surface area is 115 Å². The number of aryl methyl sites for hydroxylation is 1. The Hall–Kier alpha value is -2.62. The van der Waals surface area contributed by atoms with E-state index in [1.165, 1.54) is 11.5 Å². The van der Waals surface area contributed by atoms with Crippen LogP contribution in [0.4, 0.5) is 0 Å². The molecule has 0 radical (unpaired) electrons. The van der Waals surface area contributed by atoms with E-state index in [9.17, 15) is 9.59 Å². The van der Waals surface area contributed by atoms with E-state index in [2.05, 4.69) is 0 Å². The van der Waals surface area contributed by atoms with E-state index in [1.807, 2.05) is 37.3 Å². The van der Waals surface area contributed by atoms with Crippen molar-refractivity contribution in [3.63, 3.8) is 0 Å². The summed E-state index contributed by atoms with van der Waals surface area (Å²) in [6, 6.07) is 11.2. The Morgan fingerprint density at radius 3 is 2.70 bits per heavy atom. The first kappa shape index (κ1) is 12.4. The second kappa shape index (κ2) is 4.49. The summed E-state index contributed by atoms with van der Waals surface area (Å²) < 4.78 is 6.24. The first-order valence-corrected chi connectivity index (χ1v) is 6.25. The molecule has 0 spiro atoms. The Balaban J connectivity index is 2.63. The van der Waals surface area contributed by atoms with E-state index in [0.717, 1.165) is 16.5 Å². The number of fused-ring (bicyclic) bond motifs is 3. The number of nitrogens with zero attached hydrogens (tertiary/aromatic N) is 1. The van der Waals surface area contributed by atoms with Gasteiger partial charge in [-0.25, -0.2) is 4.79 Å². The fourth-order valence-electron chi connectivity index (χ4n) is 2.46. The van der Waals surface area contributed by atoms with Crippen LogP contribution in [0.15, 0.2) is 47.4 Å². The lowest BCUT2D eigenvalue weighted by molar-refractivity contribution is 0.0601. The number of pyridine rings is 2. The molecular weight excluding hydrogens is 254 g/mol. The van der Waals surface area contributed by atoms with Gasteiger partial charge in [-0.2, -0.15) is 0 Å². The Kier molecular flexibility index (Phi) is 2.79. The first-order valence-electron chi connectivity index (χ1n) is 6.25. The van der Waals surface area contributed by atoms with Crippen LogP contribution in [0.2, 0.25) is 0 Å². The van der Waals surface area contributed by atoms with Crippen LogP contribution in [-0.2, 0) is 4.74 Å². The van der Waals surface area contributed by atoms with Crippen LogP contribution in [0.1, 0.15) is 15.9 Å². The molecule has 0 aliphatic heterocycles. The van der Waals surface area contributed by atoms with E-state index in [4.69, 9.17) is 4.74 Å². The lowest BCUT2D eigenvalue weighted by Gasteiger charge is -2.10. The van der Waals surface area contributed by atoms with Gasteiger partial charge in [0.15, 0.2) is 0 Å². The van der Waals surface area contributed by atoms with Gasteiger partial charge in [-0.05, 0) is 19.1 Å². The van der Waals surface area contributed by atoms with Crippen molar-refractivity contribution in [2.24, 2.45) is 0 Å². The molecule has 0 saturated carbocycles. The molecule has 0 N–H and O–H groups in total. The van der Waals surface area contributed by atoms with Crippen LogP contribution in [0.25, 0.3) is 16.3 Å². The number of ether oxygens (including phenoxy) is 1. The molecule has 3 rings (SSSR count). The van der Waals surface area contributed by atoms with Crippen molar-refractivity contribution < 1.29 is 9.53 Å². The molecule has 3 aromatic rings. The third-order valence-corrected chi connectivity index (χ3v) is 3.40. The monoisotopic (exact) mass is 267 g/mol. The van der Waals surface area contributed by atoms with E-state index >= 15 is 0 Å². The maximum absolute atomic E-state index is 12.5. The fourth-order valence-corrected chi connectivity index (χ4v) is 2.46. The number of aromatic nitrogens is 1. The second-order valence-electron chi connectivity index (χ2n) is 4.68. The molecule has 4 heteroatoms. The lowest BCUT2D eigenvalue weighted by atomic mass is 10.0. The standard InChI is InChI=1S/C16H13NO3/c1-10-6-7-11-12(9-10)14(16(19)20-2)15(18)17-8-4-3-5-13(11)17/h3-9H,1-2H3. The molecule has 2 heterocycles. The summed E-state index contributed by atoms with van der Waals surface area (Å²) in [7, 11) is 1.28. The molecule has 0 atom stereocenters. The van der Waals surface area contributed by atoms with Gasteiger partial charge in [0.05, 0.1) is 12.6 Å². The van der Waals surface area contributed by atoms with Crippen LogP contribution < -0.4 is 5.56 Å². The summed E-state index contributed by atoms with van der Waals surface area (Å²) in [5, 5.41) is 1.49. The maximum Gasteiger partial charge on any atom is 0.344 e. The van der Waals surface area contributed by atoms with Crippen molar-refractivity contribution in [3.8, 4) is 0 Å². The second-order valence-corrected chi connectivity index (χ2v) is 4.68. The number of hydrogen-bond donors (Lipinski definition) is 0. The zero-order valence-corrected chi connectivity index (χ0v) is 11.2. The highest BCUT2D eigenvalue weighted by atomic mass is 16.5. The Morgan fingerprint density at radius 2 is 1.95 bits per heavy atom. The molecule has 4 nitrogen and oxygen atoms in total. The smallest absolute Gasteiger partial charge is 0.344 e. The minimum Gasteiger partial charge on any atom is -0.465 e. The summed E-state index contributed by atoms with van der Waals surface area (Å²) in [4.78, 5) is 24.5. The van der Waals surface area contributed by atoms with Crippen molar-refractivity contribution in [1.82, 2.24) is 4.40 Å². The van der Waals surface area contributed by atoms with Crippen molar-refractivity contribution in [2.45, 2.75) is 6.92 Å². The predicted molar refractivity (Wildman–Crippen MR) is 77.2 cm³/mol. The largest absolute Gasteiger partial charge is 0.465 e. The molecular formula is C16H13NO3. The van der Waals surface area contributed by atoms with Crippen LogP contribution in [0, 0.1) is 6.92 Å². The number of hydrogen-bond acceptors (Lipinski definition) is 3. The number of carbonyl (C=O) groups excluding carboxylic acids is 1. The molecule has 1 aromatic carbocycles. The average molecular weight is 267 g/mol. The zero-order chi connectivity index (χ0) is 14.3. The van der Waals surface area contributed by atoms with Gasteiger partial charge >= 0.3 is 5.97 Å². The number of carbonyl (C=O) groups is 1. The minimum atomic E-state index is -0.608. The summed E-state index contributed by atoms with van der Waals surface area (Å²) in [5.41, 5.74) is 1.49. The maximum atomic E-state index is 12.5. The SMILES string of the molecule is COC(=O)c1c(=O)n2ccccc2c2ccc(C)cc12. The molecule has 20 heavy (non-hydrogen) atoms. The molecule has 2 aromatic heterocycles. The van der Waals surface area contributed by atoms with Crippen molar-refractivity contribution in [1.29, 1.82) is 0 Å². The quantitative estimate of drug-likeness (QED) is 0.503. The van der Waals surface area contributed by atoms with Crippen LogP contribution >= 0.6 is 0 Å². The molecule has 100 valence electrons. The number of esters is 1. The van der Waals surface area contributed by atoms with Gasteiger partial charge < -0.3 is 4.74 Å². The van der Waals surface area contributed by atoms with E-state index < -0.39 is 5.97 Å². The highest BCUT2D eigenvalue weighted by Crippen LogP contribution is 2.23.